The third-order valence-electron chi connectivity index (χ3n) is 5.20. The number of urea groups is 1. The van der Waals surface area contributed by atoms with E-state index in [9.17, 15) is 23.6 Å². The van der Waals surface area contributed by atoms with E-state index in [0.29, 0.717) is 11.3 Å². The quantitative estimate of drug-likeness (QED) is 0.427. The number of anilines is 1. The Labute approximate surface area is 186 Å². The molecular formula is C21H18FN7O4. The first kappa shape index (κ1) is 21.7. The SMILES string of the molecule is CC(=O)Nc1ccc(C(=O)CN2C(=O)N[C@@](C)(c3cccc(-n4cnnn4)c3)C2=O)c(F)c1. The van der Waals surface area contributed by atoms with Gasteiger partial charge in [0.1, 0.15) is 17.7 Å². The molecule has 11 nitrogen and oxygen atoms in total. The number of nitrogens with zero attached hydrogens (tertiary/aromatic N) is 5. The van der Waals surface area contributed by atoms with Crippen LogP contribution in [0.4, 0.5) is 14.9 Å². The van der Waals surface area contributed by atoms with Crippen molar-refractivity contribution in [1.29, 1.82) is 0 Å². The van der Waals surface area contributed by atoms with E-state index in [2.05, 4.69) is 26.2 Å². The zero-order valence-electron chi connectivity index (χ0n) is 17.6. The molecule has 1 aliphatic heterocycles. The smallest absolute Gasteiger partial charge is 0.325 e. The van der Waals surface area contributed by atoms with Gasteiger partial charge in [-0.05, 0) is 53.2 Å². The van der Waals surface area contributed by atoms with Crippen molar-refractivity contribution < 1.29 is 23.6 Å². The lowest BCUT2D eigenvalue weighted by atomic mass is 9.91. The van der Waals surface area contributed by atoms with Crippen LogP contribution in [0, 0.1) is 5.82 Å². The van der Waals surface area contributed by atoms with Crippen LogP contribution in [0.3, 0.4) is 0 Å². The standard InChI is InChI=1S/C21H18FN7O4/c1-12(30)24-14-6-7-16(17(22)9-14)18(31)10-28-19(32)21(2,25-20(28)33)13-4-3-5-15(8-13)29-11-23-26-27-29/h3-9,11H,10H2,1-2H3,(H,24,30)(H,25,33)/t21-/m0/s1. The molecule has 0 spiro atoms. The Hall–Kier alpha value is -4.48. The summed E-state index contributed by atoms with van der Waals surface area (Å²) in [5.74, 6) is -2.70. The van der Waals surface area contributed by atoms with E-state index in [1.807, 2.05) is 0 Å². The molecule has 1 saturated heterocycles. The number of benzene rings is 2. The second-order valence-corrected chi connectivity index (χ2v) is 7.55. The number of carbonyl (C=O) groups is 4. The Morgan fingerprint density at radius 2 is 1.97 bits per heavy atom. The minimum Gasteiger partial charge on any atom is -0.326 e. The van der Waals surface area contributed by atoms with Crippen LogP contribution in [-0.2, 0) is 15.1 Å². The molecular weight excluding hydrogens is 433 g/mol. The topological polar surface area (TPSA) is 139 Å². The molecule has 1 atom stereocenters. The molecule has 1 aromatic heterocycles. The molecule has 33 heavy (non-hydrogen) atoms. The number of amides is 4. The molecule has 0 radical (unpaired) electrons. The molecule has 0 aliphatic carbocycles. The summed E-state index contributed by atoms with van der Waals surface area (Å²) in [5, 5.41) is 16.0. The van der Waals surface area contributed by atoms with Crippen molar-refractivity contribution in [2.24, 2.45) is 0 Å². The highest BCUT2D eigenvalue weighted by molar-refractivity contribution is 6.11. The van der Waals surface area contributed by atoms with Gasteiger partial charge in [0.05, 0.1) is 17.8 Å². The fraction of sp³-hybridized carbons (Fsp3) is 0.190. The summed E-state index contributed by atoms with van der Waals surface area (Å²) in [5.41, 5.74) is -0.554. The van der Waals surface area contributed by atoms with Gasteiger partial charge in [0.25, 0.3) is 5.91 Å². The molecule has 12 heteroatoms. The van der Waals surface area contributed by atoms with E-state index in [1.165, 1.54) is 37.0 Å². The fourth-order valence-electron chi connectivity index (χ4n) is 3.53. The van der Waals surface area contributed by atoms with Crippen LogP contribution < -0.4 is 10.6 Å². The molecule has 0 bridgehead atoms. The number of carbonyl (C=O) groups excluding carboxylic acids is 4. The Bertz CT molecular complexity index is 1280. The van der Waals surface area contributed by atoms with Crippen molar-refractivity contribution in [3.05, 3.63) is 65.7 Å². The predicted octanol–water partition coefficient (Wildman–Crippen LogP) is 1.41. The first-order valence-corrected chi connectivity index (χ1v) is 9.77. The molecule has 168 valence electrons. The molecule has 4 rings (SSSR count). The first-order valence-electron chi connectivity index (χ1n) is 9.77. The Balaban J connectivity index is 1.56. The van der Waals surface area contributed by atoms with Gasteiger partial charge < -0.3 is 10.6 Å². The highest BCUT2D eigenvalue weighted by atomic mass is 19.1. The number of tetrazole rings is 1. The van der Waals surface area contributed by atoms with Gasteiger partial charge in [-0.1, -0.05) is 12.1 Å². The summed E-state index contributed by atoms with van der Waals surface area (Å²) in [7, 11) is 0. The van der Waals surface area contributed by atoms with E-state index in [4.69, 9.17) is 0 Å². The molecule has 2 heterocycles. The Kier molecular flexibility index (Phi) is 5.42. The van der Waals surface area contributed by atoms with Crippen LogP contribution in [0.5, 0.6) is 0 Å². The fourth-order valence-corrected chi connectivity index (χ4v) is 3.53. The zero-order valence-corrected chi connectivity index (χ0v) is 17.6. The average Bonchev–Trinajstić information content (AvgIpc) is 3.37. The summed E-state index contributed by atoms with van der Waals surface area (Å²) in [6, 6.07) is 9.45. The van der Waals surface area contributed by atoms with Gasteiger partial charge in [-0.3, -0.25) is 19.3 Å². The molecule has 1 aliphatic rings. The van der Waals surface area contributed by atoms with E-state index in [1.54, 1.807) is 24.3 Å². The van der Waals surface area contributed by atoms with Crippen LogP contribution in [0.2, 0.25) is 0 Å². The van der Waals surface area contributed by atoms with E-state index in [0.717, 1.165) is 11.0 Å². The Morgan fingerprint density at radius 1 is 1.18 bits per heavy atom. The van der Waals surface area contributed by atoms with Crippen molar-refractivity contribution >= 4 is 29.3 Å². The molecule has 2 aromatic carbocycles. The van der Waals surface area contributed by atoms with Crippen molar-refractivity contribution in [3.8, 4) is 5.69 Å². The maximum atomic E-state index is 14.4. The average molecular weight is 451 g/mol. The molecule has 0 saturated carbocycles. The maximum absolute atomic E-state index is 14.4. The number of ketones is 1. The summed E-state index contributed by atoms with van der Waals surface area (Å²) in [4.78, 5) is 50.3. The number of nitrogens with one attached hydrogen (secondary N) is 2. The van der Waals surface area contributed by atoms with Gasteiger partial charge in [0.2, 0.25) is 5.91 Å². The van der Waals surface area contributed by atoms with Crippen molar-refractivity contribution in [2.75, 3.05) is 11.9 Å². The first-order chi connectivity index (χ1) is 15.7. The summed E-state index contributed by atoms with van der Waals surface area (Å²) in [6.45, 7) is 2.13. The van der Waals surface area contributed by atoms with Crippen molar-refractivity contribution in [3.63, 3.8) is 0 Å². The van der Waals surface area contributed by atoms with Crippen LogP contribution in [0.25, 0.3) is 5.69 Å². The third kappa shape index (κ3) is 4.05. The van der Waals surface area contributed by atoms with E-state index < -0.39 is 41.5 Å². The van der Waals surface area contributed by atoms with Crippen LogP contribution >= 0.6 is 0 Å². The minimum atomic E-state index is -1.45. The van der Waals surface area contributed by atoms with E-state index >= 15 is 0 Å². The number of imide groups is 1. The third-order valence-corrected chi connectivity index (χ3v) is 5.20. The lowest BCUT2D eigenvalue weighted by molar-refractivity contribution is -0.130. The number of hydrogen-bond acceptors (Lipinski definition) is 7. The zero-order chi connectivity index (χ0) is 23.8. The monoisotopic (exact) mass is 451 g/mol. The predicted molar refractivity (Wildman–Crippen MR) is 112 cm³/mol. The Morgan fingerprint density at radius 3 is 2.64 bits per heavy atom. The van der Waals surface area contributed by atoms with Gasteiger partial charge >= 0.3 is 6.03 Å². The summed E-state index contributed by atoms with van der Waals surface area (Å²) >= 11 is 0. The highest BCUT2D eigenvalue weighted by Crippen LogP contribution is 2.30. The number of rotatable bonds is 6. The minimum absolute atomic E-state index is 0.182. The molecule has 3 aromatic rings. The highest BCUT2D eigenvalue weighted by Gasteiger charge is 2.49. The number of hydrogen-bond donors (Lipinski definition) is 2. The lowest BCUT2D eigenvalue weighted by Crippen LogP contribution is -2.41. The summed E-state index contributed by atoms with van der Waals surface area (Å²) in [6.07, 6.45) is 1.38. The number of halogens is 1. The lowest BCUT2D eigenvalue weighted by Gasteiger charge is -2.22. The molecule has 2 N–H and O–H groups in total. The molecule has 1 fully saturated rings. The molecule has 0 unspecified atom stereocenters. The summed E-state index contributed by atoms with van der Waals surface area (Å²) < 4.78 is 15.8. The van der Waals surface area contributed by atoms with Crippen LogP contribution in [0.15, 0.2) is 48.8 Å². The van der Waals surface area contributed by atoms with Gasteiger partial charge in [-0.25, -0.2) is 13.9 Å². The maximum Gasteiger partial charge on any atom is 0.325 e. The van der Waals surface area contributed by atoms with Gasteiger partial charge in [-0.15, -0.1) is 5.10 Å². The van der Waals surface area contributed by atoms with Crippen molar-refractivity contribution in [1.82, 2.24) is 30.4 Å². The van der Waals surface area contributed by atoms with Crippen LogP contribution in [0.1, 0.15) is 29.8 Å². The molecule has 4 amide bonds. The largest absolute Gasteiger partial charge is 0.326 e. The van der Waals surface area contributed by atoms with Gasteiger partial charge in [-0.2, -0.15) is 0 Å². The van der Waals surface area contributed by atoms with E-state index in [-0.39, 0.29) is 11.3 Å². The second kappa shape index (κ2) is 8.22. The normalized spacial score (nSPS) is 17.7. The van der Waals surface area contributed by atoms with Gasteiger partial charge in [0, 0.05) is 12.6 Å². The number of aromatic nitrogens is 4. The van der Waals surface area contributed by atoms with Gasteiger partial charge in [0.15, 0.2) is 5.78 Å². The second-order valence-electron chi connectivity index (χ2n) is 7.55. The van der Waals surface area contributed by atoms with Crippen molar-refractivity contribution in [2.45, 2.75) is 19.4 Å². The van der Waals surface area contributed by atoms with Crippen LogP contribution in [-0.4, -0.2) is 55.3 Å². The number of Topliss-reactive ketones (excluding diaryl/α,β-unsaturated/α-hetero) is 1.